The van der Waals surface area contributed by atoms with Crippen molar-refractivity contribution in [2.45, 2.75) is 51.3 Å². The van der Waals surface area contributed by atoms with Crippen LogP contribution in [0.15, 0.2) is 30.3 Å². The van der Waals surface area contributed by atoms with Crippen molar-refractivity contribution in [2.24, 2.45) is 0 Å². The van der Waals surface area contributed by atoms with E-state index in [-0.39, 0.29) is 11.9 Å². The van der Waals surface area contributed by atoms with E-state index in [2.05, 4.69) is 17.4 Å². The largest absolute Gasteiger partial charge is 0.391 e. The van der Waals surface area contributed by atoms with Gasteiger partial charge in [0.1, 0.15) is 6.54 Å². The average molecular weight is 286 g/mol. The predicted octanol–water partition coefficient (Wildman–Crippen LogP) is 2.37. The van der Waals surface area contributed by atoms with Gasteiger partial charge in [-0.1, -0.05) is 31.0 Å². The third-order valence-electron chi connectivity index (χ3n) is 4.40. The molecule has 2 N–H and O–H groups in total. The van der Waals surface area contributed by atoms with Crippen LogP contribution in [0.5, 0.6) is 0 Å². The number of aryl methyl sites for hydroxylation is 1. The first kappa shape index (κ1) is 14.1. The first-order chi connectivity index (χ1) is 10.1. The first-order valence-electron chi connectivity index (χ1n) is 7.67. The normalized spacial score (nSPS) is 22.4. The highest BCUT2D eigenvalue weighted by molar-refractivity contribution is 5.84. The lowest BCUT2D eigenvalue weighted by molar-refractivity contribution is -0.123. The molecule has 3 rings (SSSR count). The number of nitrogens with one attached hydrogen (secondary N) is 1. The van der Waals surface area contributed by atoms with Gasteiger partial charge in [0.25, 0.3) is 0 Å². The Labute approximate surface area is 124 Å². The zero-order valence-electron chi connectivity index (χ0n) is 12.4. The molecule has 1 fully saturated rings. The number of carbonyl (C=O) groups excluding carboxylic acids is 1. The quantitative estimate of drug-likeness (QED) is 0.910. The third kappa shape index (κ3) is 2.95. The number of aromatic nitrogens is 1. The predicted molar refractivity (Wildman–Crippen MR) is 83.1 cm³/mol. The van der Waals surface area contributed by atoms with Gasteiger partial charge in [-0.15, -0.1) is 0 Å². The summed E-state index contributed by atoms with van der Waals surface area (Å²) in [5.41, 5.74) is 2.16. The van der Waals surface area contributed by atoms with Crippen LogP contribution in [0.4, 0.5) is 0 Å². The van der Waals surface area contributed by atoms with Gasteiger partial charge in [0, 0.05) is 11.2 Å². The summed E-state index contributed by atoms with van der Waals surface area (Å²) in [5.74, 6) is -0.0228. The Morgan fingerprint density at radius 2 is 2.10 bits per heavy atom. The SMILES string of the molecule is Cc1cc2ccccc2n1CC(=O)NC1CCCCC1O. The molecule has 1 heterocycles. The van der Waals surface area contributed by atoms with E-state index in [1.807, 2.05) is 29.7 Å². The maximum atomic E-state index is 12.3. The van der Waals surface area contributed by atoms with Crippen molar-refractivity contribution in [1.29, 1.82) is 0 Å². The van der Waals surface area contributed by atoms with Gasteiger partial charge in [0.15, 0.2) is 0 Å². The van der Waals surface area contributed by atoms with Crippen molar-refractivity contribution in [1.82, 2.24) is 9.88 Å². The van der Waals surface area contributed by atoms with E-state index in [1.54, 1.807) is 0 Å². The van der Waals surface area contributed by atoms with Crippen molar-refractivity contribution < 1.29 is 9.90 Å². The molecule has 0 spiro atoms. The van der Waals surface area contributed by atoms with Crippen LogP contribution in [-0.2, 0) is 11.3 Å². The molecule has 0 bridgehead atoms. The highest BCUT2D eigenvalue weighted by Crippen LogP contribution is 2.20. The Hall–Kier alpha value is -1.81. The number of amides is 1. The number of aliphatic hydroxyl groups excluding tert-OH is 1. The number of nitrogens with zero attached hydrogens (tertiary/aromatic N) is 1. The molecule has 1 saturated carbocycles. The lowest BCUT2D eigenvalue weighted by atomic mass is 9.92. The minimum absolute atomic E-state index is 0.0228. The second-order valence-corrected chi connectivity index (χ2v) is 5.96. The smallest absolute Gasteiger partial charge is 0.240 e. The van der Waals surface area contributed by atoms with Gasteiger partial charge in [0.2, 0.25) is 5.91 Å². The Balaban J connectivity index is 1.73. The van der Waals surface area contributed by atoms with Gasteiger partial charge in [-0.2, -0.15) is 0 Å². The monoisotopic (exact) mass is 286 g/mol. The number of fused-ring (bicyclic) bond motifs is 1. The van der Waals surface area contributed by atoms with Crippen LogP contribution in [0.3, 0.4) is 0 Å². The molecule has 112 valence electrons. The van der Waals surface area contributed by atoms with Gasteiger partial charge in [-0.25, -0.2) is 0 Å². The number of hydrogen-bond acceptors (Lipinski definition) is 2. The average Bonchev–Trinajstić information content (AvgIpc) is 2.78. The second kappa shape index (κ2) is 5.90. The third-order valence-corrected chi connectivity index (χ3v) is 4.40. The maximum Gasteiger partial charge on any atom is 0.240 e. The fourth-order valence-electron chi connectivity index (χ4n) is 3.23. The summed E-state index contributed by atoms with van der Waals surface area (Å²) in [6, 6.07) is 10.1. The molecule has 0 aliphatic heterocycles. The van der Waals surface area contributed by atoms with Crippen LogP contribution < -0.4 is 5.32 Å². The summed E-state index contributed by atoms with van der Waals surface area (Å²) in [6.07, 6.45) is 3.39. The van der Waals surface area contributed by atoms with E-state index in [4.69, 9.17) is 0 Å². The number of aliphatic hydroxyl groups is 1. The second-order valence-electron chi connectivity index (χ2n) is 5.96. The molecule has 21 heavy (non-hydrogen) atoms. The van der Waals surface area contributed by atoms with Crippen LogP contribution in [-0.4, -0.2) is 27.7 Å². The van der Waals surface area contributed by atoms with E-state index in [1.165, 1.54) is 0 Å². The Morgan fingerprint density at radius 3 is 2.90 bits per heavy atom. The van der Waals surface area contributed by atoms with Crippen molar-refractivity contribution >= 4 is 16.8 Å². The summed E-state index contributed by atoms with van der Waals surface area (Å²) in [4.78, 5) is 12.3. The number of benzene rings is 1. The fraction of sp³-hybridized carbons (Fsp3) is 0.471. The maximum absolute atomic E-state index is 12.3. The minimum atomic E-state index is -0.398. The van der Waals surface area contributed by atoms with E-state index in [0.29, 0.717) is 6.54 Å². The molecule has 4 heteroatoms. The lowest BCUT2D eigenvalue weighted by Gasteiger charge is -2.28. The van der Waals surface area contributed by atoms with E-state index in [0.717, 1.165) is 42.3 Å². The molecule has 1 aliphatic rings. The van der Waals surface area contributed by atoms with E-state index >= 15 is 0 Å². The molecule has 1 amide bonds. The van der Waals surface area contributed by atoms with Crippen LogP contribution in [0.25, 0.3) is 10.9 Å². The van der Waals surface area contributed by atoms with Gasteiger partial charge < -0.3 is 15.0 Å². The summed E-state index contributed by atoms with van der Waals surface area (Å²) < 4.78 is 2.03. The topological polar surface area (TPSA) is 54.3 Å². The van der Waals surface area contributed by atoms with Crippen molar-refractivity contribution in [3.8, 4) is 0 Å². The highest BCUT2D eigenvalue weighted by atomic mass is 16.3. The Bertz CT molecular complexity index is 647. The van der Waals surface area contributed by atoms with Gasteiger partial charge in [-0.05, 0) is 37.3 Å². The molecule has 0 saturated heterocycles. The zero-order valence-corrected chi connectivity index (χ0v) is 12.4. The Morgan fingerprint density at radius 1 is 1.33 bits per heavy atom. The number of rotatable bonds is 3. The summed E-state index contributed by atoms with van der Waals surface area (Å²) >= 11 is 0. The summed E-state index contributed by atoms with van der Waals surface area (Å²) in [7, 11) is 0. The van der Waals surface area contributed by atoms with Gasteiger partial charge >= 0.3 is 0 Å². The van der Waals surface area contributed by atoms with Crippen molar-refractivity contribution in [2.75, 3.05) is 0 Å². The van der Waals surface area contributed by atoms with Crippen molar-refractivity contribution in [3.63, 3.8) is 0 Å². The minimum Gasteiger partial charge on any atom is -0.391 e. The molecule has 4 nitrogen and oxygen atoms in total. The number of para-hydroxylation sites is 1. The number of hydrogen-bond donors (Lipinski definition) is 2. The standard InChI is InChI=1S/C17H22N2O2/c1-12-10-13-6-2-4-8-15(13)19(12)11-17(21)18-14-7-3-5-9-16(14)20/h2,4,6,8,10,14,16,20H,3,5,7,9,11H2,1H3,(H,18,21). The summed E-state index contributed by atoms with van der Waals surface area (Å²) in [5, 5.41) is 14.1. The molecular formula is C17H22N2O2. The molecule has 1 aromatic carbocycles. The molecule has 2 atom stereocenters. The molecule has 1 aromatic heterocycles. The van der Waals surface area contributed by atoms with Gasteiger partial charge in [-0.3, -0.25) is 4.79 Å². The lowest BCUT2D eigenvalue weighted by Crippen LogP contribution is -2.46. The molecule has 0 radical (unpaired) electrons. The zero-order chi connectivity index (χ0) is 14.8. The van der Waals surface area contributed by atoms with E-state index in [9.17, 15) is 9.90 Å². The van der Waals surface area contributed by atoms with Crippen LogP contribution in [0, 0.1) is 6.92 Å². The molecular weight excluding hydrogens is 264 g/mol. The molecule has 2 aromatic rings. The molecule has 2 unspecified atom stereocenters. The van der Waals surface area contributed by atoms with E-state index < -0.39 is 6.10 Å². The number of carbonyl (C=O) groups is 1. The van der Waals surface area contributed by atoms with Crippen molar-refractivity contribution in [3.05, 3.63) is 36.0 Å². The van der Waals surface area contributed by atoms with Gasteiger partial charge in [0.05, 0.1) is 12.1 Å². The Kier molecular flexibility index (Phi) is 3.97. The highest BCUT2D eigenvalue weighted by Gasteiger charge is 2.24. The summed E-state index contributed by atoms with van der Waals surface area (Å²) in [6.45, 7) is 2.32. The first-order valence-corrected chi connectivity index (χ1v) is 7.67. The van der Waals surface area contributed by atoms with Crippen LogP contribution in [0.1, 0.15) is 31.4 Å². The fourth-order valence-corrected chi connectivity index (χ4v) is 3.23. The molecule has 1 aliphatic carbocycles. The van der Waals surface area contributed by atoms with Crippen LogP contribution in [0.2, 0.25) is 0 Å². The van der Waals surface area contributed by atoms with Crippen LogP contribution >= 0.6 is 0 Å².